The van der Waals surface area contributed by atoms with E-state index < -0.39 is 0 Å². The van der Waals surface area contributed by atoms with E-state index in [-0.39, 0.29) is 5.91 Å². The van der Waals surface area contributed by atoms with Crippen LogP contribution in [0.5, 0.6) is 0 Å². The summed E-state index contributed by atoms with van der Waals surface area (Å²) in [6, 6.07) is 5.63. The fourth-order valence-electron chi connectivity index (χ4n) is 1.47. The van der Waals surface area contributed by atoms with Gasteiger partial charge in [0.1, 0.15) is 0 Å². The number of aryl methyl sites for hydroxylation is 1. The van der Waals surface area contributed by atoms with Crippen molar-refractivity contribution in [3.05, 3.63) is 28.8 Å². The van der Waals surface area contributed by atoms with Crippen molar-refractivity contribution in [3.63, 3.8) is 0 Å². The third kappa shape index (κ3) is 4.23. The number of rotatable bonds is 5. The molecule has 1 aromatic carbocycles. The molecule has 0 radical (unpaired) electrons. The Hall–Kier alpha value is -1.02. The van der Waals surface area contributed by atoms with E-state index in [1.807, 2.05) is 25.1 Å². The molecule has 0 spiro atoms. The summed E-state index contributed by atoms with van der Waals surface area (Å²) in [6.45, 7) is 4.09. The molecule has 2 nitrogen and oxygen atoms in total. The van der Waals surface area contributed by atoms with Crippen LogP contribution < -0.4 is 5.32 Å². The van der Waals surface area contributed by atoms with Crippen LogP contribution in [0.3, 0.4) is 0 Å². The molecule has 0 heterocycles. The smallest absolute Gasteiger partial charge is 0.224 e. The molecule has 0 aliphatic heterocycles. The lowest BCUT2D eigenvalue weighted by Gasteiger charge is -2.07. The maximum Gasteiger partial charge on any atom is 0.224 e. The zero-order valence-electron chi connectivity index (χ0n) is 9.85. The molecule has 1 aromatic rings. The highest BCUT2D eigenvalue weighted by Crippen LogP contribution is 2.22. The highest BCUT2D eigenvalue weighted by Gasteiger charge is 2.05. The first-order valence-corrected chi connectivity index (χ1v) is 6.07. The number of nitrogens with one attached hydrogen (secondary N) is 1. The van der Waals surface area contributed by atoms with Crippen LogP contribution >= 0.6 is 11.6 Å². The average Bonchev–Trinajstić information content (AvgIpc) is 2.23. The van der Waals surface area contributed by atoms with Gasteiger partial charge in [0.15, 0.2) is 0 Å². The second kappa shape index (κ2) is 6.54. The van der Waals surface area contributed by atoms with Gasteiger partial charge < -0.3 is 5.32 Å². The molecular formula is C13H18ClNO. The van der Waals surface area contributed by atoms with Crippen molar-refractivity contribution in [1.29, 1.82) is 0 Å². The molecule has 0 saturated heterocycles. The SMILES string of the molecule is CCCCCC(=O)Nc1ccc(C)cc1Cl. The largest absolute Gasteiger partial charge is 0.325 e. The summed E-state index contributed by atoms with van der Waals surface area (Å²) in [5.74, 6) is 0.0409. The molecule has 0 unspecified atom stereocenters. The van der Waals surface area contributed by atoms with Crippen molar-refractivity contribution < 1.29 is 4.79 Å². The lowest BCUT2D eigenvalue weighted by molar-refractivity contribution is -0.116. The van der Waals surface area contributed by atoms with Gasteiger partial charge in [-0.25, -0.2) is 0 Å². The average molecular weight is 240 g/mol. The second-order valence-corrected chi connectivity index (χ2v) is 4.40. The predicted molar refractivity (Wildman–Crippen MR) is 69.0 cm³/mol. The van der Waals surface area contributed by atoms with Gasteiger partial charge in [-0.05, 0) is 31.0 Å². The van der Waals surface area contributed by atoms with E-state index in [9.17, 15) is 4.79 Å². The fraction of sp³-hybridized carbons (Fsp3) is 0.462. The molecular weight excluding hydrogens is 222 g/mol. The standard InChI is InChI=1S/C13H18ClNO/c1-3-4-5-6-13(16)15-12-8-7-10(2)9-11(12)14/h7-9H,3-6H2,1-2H3,(H,15,16). The minimum atomic E-state index is 0.0409. The van der Waals surface area contributed by atoms with Gasteiger partial charge in [0.2, 0.25) is 5.91 Å². The molecule has 0 bridgehead atoms. The van der Waals surface area contributed by atoms with Crippen LogP contribution in [0.1, 0.15) is 38.2 Å². The van der Waals surface area contributed by atoms with Crippen molar-refractivity contribution in [2.45, 2.75) is 39.5 Å². The number of hydrogen-bond donors (Lipinski definition) is 1. The van der Waals surface area contributed by atoms with Crippen LogP contribution in [0.25, 0.3) is 0 Å². The van der Waals surface area contributed by atoms with Crippen molar-refractivity contribution in [3.8, 4) is 0 Å². The number of amides is 1. The normalized spacial score (nSPS) is 10.2. The van der Waals surface area contributed by atoms with Crippen molar-refractivity contribution >= 4 is 23.2 Å². The zero-order valence-corrected chi connectivity index (χ0v) is 10.6. The van der Waals surface area contributed by atoms with Gasteiger partial charge >= 0.3 is 0 Å². The van der Waals surface area contributed by atoms with Crippen LogP contribution in [0.15, 0.2) is 18.2 Å². The number of carbonyl (C=O) groups excluding carboxylic acids is 1. The van der Waals surface area contributed by atoms with Gasteiger partial charge in [0.05, 0.1) is 10.7 Å². The van der Waals surface area contributed by atoms with Crippen molar-refractivity contribution in [2.75, 3.05) is 5.32 Å². The first kappa shape index (κ1) is 13.0. The fourth-order valence-corrected chi connectivity index (χ4v) is 1.75. The lowest BCUT2D eigenvalue weighted by Crippen LogP contribution is -2.11. The maximum absolute atomic E-state index is 11.6. The summed E-state index contributed by atoms with van der Waals surface area (Å²) < 4.78 is 0. The number of halogens is 1. The van der Waals surface area contributed by atoms with Crippen LogP contribution in [-0.4, -0.2) is 5.91 Å². The molecule has 1 rings (SSSR count). The molecule has 0 saturated carbocycles. The van der Waals surface area contributed by atoms with E-state index in [1.54, 1.807) is 0 Å². The van der Waals surface area contributed by atoms with E-state index in [4.69, 9.17) is 11.6 Å². The van der Waals surface area contributed by atoms with E-state index in [1.165, 1.54) is 0 Å². The second-order valence-electron chi connectivity index (χ2n) is 3.99. The quantitative estimate of drug-likeness (QED) is 0.768. The number of anilines is 1. The Morgan fingerprint density at radius 2 is 2.12 bits per heavy atom. The lowest BCUT2D eigenvalue weighted by atomic mass is 10.2. The van der Waals surface area contributed by atoms with Gasteiger partial charge in [-0.15, -0.1) is 0 Å². The Morgan fingerprint density at radius 1 is 1.38 bits per heavy atom. The monoisotopic (exact) mass is 239 g/mol. The topological polar surface area (TPSA) is 29.1 Å². The number of hydrogen-bond acceptors (Lipinski definition) is 1. The van der Waals surface area contributed by atoms with Gasteiger partial charge in [-0.1, -0.05) is 37.4 Å². The van der Waals surface area contributed by atoms with E-state index in [0.29, 0.717) is 17.1 Å². The number of carbonyl (C=O) groups is 1. The third-order valence-electron chi connectivity index (χ3n) is 2.41. The first-order valence-electron chi connectivity index (χ1n) is 5.69. The summed E-state index contributed by atoms with van der Waals surface area (Å²) in [5, 5.41) is 3.43. The number of benzene rings is 1. The third-order valence-corrected chi connectivity index (χ3v) is 2.72. The van der Waals surface area contributed by atoms with Gasteiger partial charge in [-0.3, -0.25) is 4.79 Å². The molecule has 1 N–H and O–H groups in total. The Kier molecular flexibility index (Phi) is 5.33. The minimum absolute atomic E-state index is 0.0409. The van der Waals surface area contributed by atoms with Crippen LogP contribution in [0.2, 0.25) is 5.02 Å². The van der Waals surface area contributed by atoms with E-state index in [0.717, 1.165) is 24.8 Å². The Morgan fingerprint density at radius 3 is 2.75 bits per heavy atom. The van der Waals surface area contributed by atoms with Crippen LogP contribution in [0, 0.1) is 6.92 Å². The molecule has 88 valence electrons. The molecule has 3 heteroatoms. The highest BCUT2D eigenvalue weighted by atomic mass is 35.5. The molecule has 0 aliphatic rings. The maximum atomic E-state index is 11.6. The van der Waals surface area contributed by atoms with E-state index >= 15 is 0 Å². The van der Waals surface area contributed by atoms with Gasteiger partial charge in [-0.2, -0.15) is 0 Å². The van der Waals surface area contributed by atoms with Crippen LogP contribution in [-0.2, 0) is 4.79 Å². The molecule has 0 aliphatic carbocycles. The van der Waals surface area contributed by atoms with Crippen molar-refractivity contribution in [1.82, 2.24) is 0 Å². The molecule has 1 amide bonds. The van der Waals surface area contributed by atoms with Crippen LogP contribution in [0.4, 0.5) is 5.69 Å². The summed E-state index contributed by atoms with van der Waals surface area (Å²) in [6.07, 6.45) is 3.72. The Bertz CT molecular complexity index is 363. The minimum Gasteiger partial charge on any atom is -0.325 e. The molecule has 0 fully saturated rings. The van der Waals surface area contributed by atoms with Gasteiger partial charge in [0.25, 0.3) is 0 Å². The van der Waals surface area contributed by atoms with Crippen molar-refractivity contribution in [2.24, 2.45) is 0 Å². The first-order chi connectivity index (χ1) is 7.63. The summed E-state index contributed by atoms with van der Waals surface area (Å²) in [4.78, 5) is 11.6. The molecule has 0 atom stereocenters. The Balaban J connectivity index is 2.49. The Labute approximate surface area is 102 Å². The summed E-state index contributed by atoms with van der Waals surface area (Å²) in [7, 11) is 0. The van der Waals surface area contributed by atoms with Gasteiger partial charge in [0, 0.05) is 6.42 Å². The highest BCUT2D eigenvalue weighted by molar-refractivity contribution is 6.33. The summed E-state index contributed by atoms with van der Waals surface area (Å²) in [5.41, 5.74) is 1.79. The predicted octanol–water partition coefficient (Wildman–Crippen LogP) is 4.17. The molecule has 0 aromatic heterocycles. The van der Waals surface area contributed by atoms with E-state index in [2.05, 4.69) is 12.2 Å². The molecule has 16 heavy (non-hydrogen) atoms. The number of unbranched alkanes of at least 4 members (excludes halogenated alkanes) is 2. The zero-order chi connectivity index (χ0) is 12.0. The summed E-state index contributed by atoms with van der Waals surface area (Å²) >= 11 is 6.02.